The lowest BCUT2D eigenvalue weighted by Crippen LogP contribution is -2.24. The maximum Gasteiger partial charge on any atom is 0.234 e. The summed E-state index contributed by atoms with van der Waals surface area (Å²) in [5.74, 6) is 0.495. The fourth-order valence-electron chi connectivity index (χ4n) is 1.62. The van der Waals surface area contributed by atoms with Crippen molar-refractivity contribution in [2.45, 2.75) is 38.0 Å². The van der Waals surface area contributed by atoms with Crippen LogP contribution in [0.5, 0.6) is 0 Å². The van der Waals surface area contributed by atoms with Gasteiger partial charge in [-0.25, -0.2) is 0 Å². The van der Waals surface area contributed by atoms with E-state index in [2.05, 4.69) is 5.16 Å². The van der Waals surface area contributed by atoms with E-state index in [-0.39, 0.29) is 16.7 Å². The number of halogens is 1. The number of aromatic nitrogens is 1. The van der Waals surface area contributed by atoms with E-state index in [0.717, 1.165) is 5.69 Å². The molecule has 1 aromatic heterocycles. The molecule has 2 rings (SSSR count). The smallest absolute Gasteiger partial charge is 0.234 e. The fraction of sp³-hybridized carbons (Fsp3) is 0.636. The molecule has 4 nitrogen and oxygen atoms in total. The highest BCUT2D eigenvalue weighted by Gasteiger charge is 2.32. The van der Waals surface area contributed by atoms with Gasteiger partial charge in [-0.1, -0.05) is 25.9 Å². The Morgan fingerprint density at radius 1 is 1.56 bits per heavy atom. The number of amides is 1. The highest BCUT2D eigenvalue weighted by atomic mass is 35.5. The summed E-state index contributed by atoms with van der Waals surface area (Å²) in [5, 5.41) is 3.85. The molecule has 1 aliphatic heterocycles. The largest absolute Gasteiger partial charge is 0.338 e. The Kier molecular flexibility index (Phi) is 2.70. The second-order valence-electron chi connectivity index (χ2n) is 5.11. The first kappa shape index (κ1) is 11.5. The average molecular weight is 243 g/mol. The first-order chi connectivity index (χ1) is 7.38. The second kappa shape index (κ2) is 3.77. The maximum atomic E-state index is 11.6. The SMILES string of the molecule is CC(C)(C)c1cc(N2CC(Cl)CC2=O)on1. The topological polar surface area (TPSA) is 46.3 Å². The molecule has 1 amide bonds. The van der Waals surface area contributed by atoms with Crippen LogP contribution in [0.3, 0.4) is 0 Å². The molecule has 1 saturated heterocycles. The molecule has 16 heavy (non-hydrogen) atoms. The van der Waals surface area contributed by atoms with Crippen molar-refractivity contribution in [2.75, 3.05) is 11.4 Å². The minimum absolute atomic E-state index is 0.00314. The lowest BCUT2D eigenvalue weighted by atomic mass is 9.92. The zero-order valence-electron chi connectivity index (χ0n) is 9.66. The van der Waals surface area contributed by atoms with Crippen LogP contribution in [0.4, 0.5) is 5.88 Å². The number of hydrogen-bond donors (Lipinski definition) is 0. The number of hydrogen-bond acceptors (Lipinski definition) is 3. The van der Waals surface area contributed by atoms with Gasteiger partial charge in [-0.3, -0.25) is 9.69 Å². The number of alkyl halides is 1. The van der Waals surface area contributed by atoms with Crippen LogP contribution >= 0.6 is 11.6 Å². The average Bonchev–Trinajstić information content (AvgIpc) is 2.70. The highest BCUT2D eigenvalue weighted by molar-refractivity contribution is 6.24. The summed E-state index contributed by atoms with van der Waals surface area (Å²) < 4.78 is 5.19. The predicted molar refractivity (Wildman–Crippen MR) is 61.8 cm³/mol. The van der Waals surface area contributed by atoms with Gasteiger partial charge in [-0.15, -0.1) is 11.6 Å². The third-order valence-corrected chi connectivity index (χ3v) is 2.90. The van der Waals surface area contributed by atoms with E-state index < -0.39 is 0 Å². The first-order valence-corrected chi connectivity index (χ1v) is 5.73. The molecule has 1 unspecified atom stereocenters. The van der Waals surface area contributed by atoms with Crippen molar-refractivity contribution < 1.29 is 9.32 Å². The van der Waals surface area contributed by atoms with Crippen LogP contribution in [0.1, 0.15) is 32.9 Å². The van der Waals surface area contributed by atoms with E-state index in [0.29, 0.717) is 18.8 Å². The Morgan fingerprint density at radius 3 is 2.69 bits per heavy atom. The molecule has 0 aliphatic carbocycles. The van der Waals surface area contributed by atoms with Crippen LogP contribution in [-0.2, 0) is 10.2 Å². The van der Waals surface area contributed by atoms with Crippen molar-refractivity contribution in [1.29, 1.82) is 0 Å². The van der Waals surface area contributed by atoms with Gasteiger partial charge in [-0.2, -0.15) is 0 Å². The highest BCUT2D eigenvalue weighted by Crippen LogP contribution is 2.29. The molecule has 0 spiro atoms. The molecule has 1 fully saturated rings. The van der Waals surface area contributed by atoms with E-state index in [1.807, 2.05) is 26.8 Å². The van der Waals surface area contributed by atoms with Crippen molar-refractivity contribution in [3.05, 3.63) is 11.8 Å². The Hall–Kier alpha value is -1.03. The molecule has 5 heteroatoms. The number of rotatable bonds is 1. The van der Waals surface area contributed by atoms with Gasteiger partial charge in [0.25, 0.3) is 0 Å². The molecule has 2 heterocycles. The number of carbonyl (C=O) groups is 1. The van der Waals surface area contributed by atoms with E-state index >= 15 is 0 Å². The molecule has 1 atom stereocenters. The lowest BCUT2D eigenvalue weighted by Gasteiger charge is -2.13. The van der Waals surface area contributed by atoms with Crippen molar-refractivity contribution in [2.24, 2.45) is 0 Å². The maximum absolute atomic E-state index is 11.6. The van der Waals surface area contributed by atoms with Gasteiger partial charge >= 0.3 is 0 Å². The summed E-state index contributed by atoms with van der Waals surface area (Å²) >= 11 is 5.92. The summed E-state index contributed by atoms with van der Waals surface area (Å²) in [5.41, 5.74) is 0.763. The monoisotopic (exact) mass is 242 g/mol. The van der Waals surface area contributed by atoms with Crippen LogP contribution in [0.2, 0.25) is 0 Å². The van der Waals surface area contributed by atoms with Crippen molar-refractivity contribution in [3.63, 3.8) is 0 Å². The van der Waals surface area contributed by atoms with Gasteiger partial charge in [0, 0.05) is 24.4 Å². The lowest BCUT2D eigenvalue weighted by molar-refractivity contribution is -0.117. The number of carbonyl (C=O) groups excluding carboxylic acids is 1. The van der Waals surface area contributed by atoms with Crippen LogP contribution in [-0.4, -0.2) is 23.0 Å². The van der Waals surface area contributed by atoms with Gasteiger partial charge in [0.05, 0.1) is 11.1 Å². The van der Waals surface area contributed by atoms with Crippen LogP contribution < -0.4 is 4.90 Å². The molecule has 0 bridgehead atoms. The Labute approximate surface area is 99.5 Å². The Bertz CT molecular complexity index is 408. The normalized spacial score (nSPS) is 21.9. The molecule has 1 aromatic rings. The predicted octanol–water partition coefficient (Wildman–Crippen LogP) is 2.32. The standard InChI is InChI=1S/C11H15ClN2O2/c1-11(2,3)8-5-10(16-13-8)14-6-7(12)4-9(14)15/h5,7H,4,6H2,1-3H3. The third kappa shape index (κ3) is 2.07. The molecule has 1 aliphatic rings. The summed E-state index contributed by atoms with van der Waals surface area (Å²) in [4.78, 5) is 13.2. The molecular weight excluding hydrogens is 228 g/mol. The van der Waals surface area contributed by atoms with Crippen LogP contribution in [0, 0.1) is 0 Å². The van der Waals surface area contributed by atoms with Gasteiger partial charge in [0.1, 0.15) is 0 Å². The summed E-state index contributed by atoms with van der Waals surface area (Å²) in [6, 6.07) is 1.81. The fourth-order valence-corrected chi connectivity index (χ4v) is 1.89. The quantitative estimate of drug-likeness (QED) is 0.710. The van der Waals surface area contributed by atoms with Crippen LogP contribution in [0.25, 0.3) is 0 Å². The summed E-state index contributed by atoms with van der Waals surface area (Å²) in [6.45, 7) is 6.64. The van der Waals surface area contributed by atoms with E-state index in [1.54, 1.807) is 4.90 Å². The van der Waals surface area contributed by atoms with Crippen molar-refractivity contribution in [1.82, 2.24) is 5.16 Å². The molecule has 0 aromatic carbocycles. The molecule has 0 radical (unpaired) electrons. The summed E-state index contributed by atoms with van der Waals surface area (Å²) in [6.07, 6.45) is 0.368. The van der Waals surface area contributed by atoms with Gasteiger partial charge in [-0.05, 0) is 0 Å². The van der Waals surface area contributed by atoms with Gasteiger partial charge in [0.2, 0.25) is 11.8 Å². The zero-order valence-corrected chi connectivity index (χ0v) is 10.4. The number of nitrogens with zero attached hydrogens (tertiary/aromatic N) is 2. The minimum atomic E-state index is -0.129. The Balaban J connectivity index is 2.23. The van der Waals surface area contributed by atoms with E-state index in [4.69, 9.17) is 16.1 Å². The van der Waals surface area contributed by atoms with Crippen LogP contribution in [0.15, 0.2) is 10.6 Å². The number of anilines is 1. The first-order valence-electron chi connectivity index (χ1n) is 5.29. The molecule has 0 saturated carbocycles. The van der Waals surface area contributed by atoms with E-state index in [9.17, 15) is 4.79 Å². The molecule has 88 valence electrons. The molecule has 0 N–H and O–H groups in total. The van der Waals surface area contributed by atoms with Crippen molar-refractivity contribution >= 4 is 23.4 Å². The Morgan fingerprint density at radius 2 is 2.25 bits per heavy atom. The van der Waals surface area contributed by atoms with Gasteiger partial charge < -0.3 is 4.52 Å². The van der Waals surface area contributed by atoms with Crippen molar-refractivity contribution in [3.8, 4) is 0 Å². The van der Waals surface area contributed by atoms with Gasteiger partial charge in [0.15, 0.2) is 0 Å². The summed E-state index contributed by atoms with van der Waals surface area (Å²) in [7, 11) is 0. The third-order valence-electron chi connectivity index (χ3n) is 2.61. The molecular formula is C11H15ClN2O2. The second-order valence-corrected chi connectivity index (χ2v) is 5.72. The minimum Gasteiger partial charge on any atom is -0.338 e. The van der Waals surface area contributed by atoms with E-state index in [1.165, 1.54) is 0 Å². The zero-order chi connectivity index (χ0) is 11.9.